The largest absolute Gasteiger partial charge is 0.509 e. The van der Waals surface area contributed by atoms with E-state index in [-0.39, 0.29) is 53.3 Å². The first-order valence-electron chi connectivity index (χ1n) is 27.9. The van der Waals surface area contributed by atoms with Crippen LogP contribution in [0.25, 0.3) is 0 Å². The summed E-state index contributed by atoms with van der Waals surface area (Å²) < 4.78 is 14.5. The summed E-state index contributed by atoms with van der Waals surface area (Å²) in [5, 5.41) is 13.5. The molecule has 3 N–H and O–H groups in total. The van der Waals surface area contributed by atoms with Crippen LogP contribution in [0.1, 0.15) is 129 Å². The second kappa shape index (κ2) is 15.1. The van der Waals surface area contributed by atoms with Gasteiger partial charge < -0.3 is 25.2 Å². The average Bonchev–Trinajstić information content (AvgIpc) is 3.80. The molecule has 16 aliphatic rings. The van der Waals surface area contributed by atoms with Crippen molar-refractivity contribution in [1.82, 2.24) is 9.80 Å². The lowest BCUT2D eigenvalue weighted by Gasteiger charge is -2.73. The van der Waals surface area contributed by atoms with Crippen LogP contribution in [0.5, 0.6) is 0 Å². The van der Waals surface area contributed by atoms with Crippen molar-refractivity contribution in [2.45, 2.75) is 134 Å². The Morgan fingerprint density at radius 2 is 1.78 bits per heavy atom. The predicted molar refractivity (Wildman–Crippen MR) is 264 cm³/mol. The molecule has 9 heterocycles. The molecular formula is C61H71N3O5. The molecule has 9 aliphatic heterocycles. The fourth-order valence-electron chi connectivity index (χ4n) is 19.8. The number of aryl methyl sites for hydroxylation is 2. The van der Waals surface area contributed by atoms with Crippen LogP contribution in [0.3, 0.4) is 0 Å². The van der Waals surface area contributed by atoms with E-state index >= 15 is 9.59 Å². The molecule has 0 radical (unpaired) electrons. The van der Waals surface area contributed by atoms with E-state index < -0.39 is 16.4 Å². The summed E-state index contributed by atoms with van der Waals surface area (Å²) in [7, 11) is 0. The normalized spacial score (nSPS) is 44.4. The number of benzene rings is 2. The van der Waals surface area contributed by atoms with Crippen LogP contribution in [0.2, 0.25) is 0 Å². The molecule has 8 heteroatoms. The number of aliphatic hydroxyl groups is 1. The Kier molecular flexibility index (Phi) is 9.24. The van der Waals surface area contributed by atoms with Crippen LogP contribution in [-0.2, 0) is 39.1 Å². The van der Waals surface area contributed by atoms with Crippen molar-refractivity contribution in [3.05, 3.63) is 129 Å². The lowest BCUT2D eigenvalue weighted by molar-refractivity contribution is -0.282. The number of nitrogens with zero attached hydrogens (tertiary/aromatic N) is 2. The number of ether oxygens (including phenoxy) is 2. The van der Waals surface area contributed by atoms with Crippen LogP contribution in [0.4, 0.5) is 0 Å². The fourth-order valence-corrected chi connectivity index (χ4v) is 19.8. The van der Waals surface area contributed by atoms with Crippen molar-refractivity contribution in [3.8, 4) is 0 Å². The van der Waals surface area contributed by atoms with Gasteiger partial charge in [-0.3, -0.25) is 9.69 Å². The molecule has 3 spiro atoms. The fraction of sp³-hybridized carbons (Fsp3) is 0.607. The van der Waals surface area contributed by atoms with Gasteiger partial charge in [0.2, 0.25) is 0 Å². The van der Waals surface area contributed by atoms with Gasteiger partial charge in [-0.15, -0.1) is 0 Å². The number of fused-ring (bicyclic) bond motifs is 7. The standard InChI is InChI=1S/C61H71N3O5/c1-34-24-41-18-20-48-42-26-39-31-63(33-42)43(27-35-8-3-2-4-9-35)30-49(65)56-59-22-21-45-53(55(41)64(48)32-39)51(34)46-28-38-11-5-10-36(25-38)15-16-37-17-19-44(46)54(45)60(59,58(67)68-56)50(29-37)61(59)47-14-6-12-40(13-7-23-62)52(47)57(66)69-61/h5-6,10-12,14,17-20,25,34-35,37,39,42-44,46,48,50-51,53,65H,2-4,7-9,13,15-16,21-24,26-33,62H2,1H3/b19-17-,56-49-/t34-,37-,39+,42-,43+,44-,46+,48+,50+,51-,53+,59-,60-,61-/m1/s1. The first-order valence-corrected chi connectivity index (χ1v) is 27.9. The first-order chi connectivity index (χ1) is 33.7. The molecule has 0 aromatic heterocycles. The number of aliphatic hydroxyl groups excluding tert-OH is 1. The van der Waals surface area contributed by atoms with Crippen molar-refractivity contribution < 1.29 is 24.2 Å². The quantitative estimate of drug-likeness (QED) is 0.226. The highest BCUT2D eigenvalue weighted by Crippen LogP contribution is 2.88. The monoisotopic (exact) mass is 926 g/mol. The summed E-state index contributed by atoms with van der Waals surface area (Å²) in [6.07, 6.45) is 26.9. The summed E-state index contributed by atoms with van der Waals surface area (Å²) in [6.45, 7) is 6.22. The predicted octanol–water partition coefficient (Wildman–Crippen LogP) is 10.4. The molecule has 360 valence electrons. The van der Waals surface area contributed by atoms with Crippen molar-refractivity contribution >= 4 is 11.9 Å². The van der Waals surface area contributed by atoms with Crippen molar-refractivity contribution in [2.24, 2.45) is 75.7 Å². The zero-order valence-electron chi connectivity index (χ0n) is 40.7. The van der Waals surface area contributed by atoms with Gasteiger partial charge in [0.15, 0.2) is 11.4 Å². The van der Waals surface area contributed by atoms with E-state index in [1.165, 1.54) is 66.4 Å². The van der Waals surface area contributed by atoms with Crippen LogP contribution in [0.15, 0.2) is 101 Å². The highest BCUT2D eigenvalue weighted by Gasteiger charge is 2.94. The number of nitrogens with two attached hydrogens (primary N) is 1. The number of allylic oxidation sites excluding steroid dienone is 5. The van der Waals surface area contributed by atoms with Gasteiger partial charge in [0, 0.05) is 61.1 Å². The van der Waals surface area contributed by atoms with E-state index in [9.17, 15) is 5.11 Å². The van der Waals surface area contributed by atoms with E-state index in [1.807, 2.05) is 0 Å². The van der Waals surface area contributed by atoms with Gasteiger partial charge in [-0.05, 0) is 146 Å². The Labute approximate surface area is 408 Å². The minimum atomic E-state index is -1.18. The summed E-state index contributed by atoms with van der Waals surface area (Å²) in [5.74, 6) is 2.97. The maximum absolute atomic E-state index is 16.5. The van der Waals surface area contributed by atoms with Crippen molar-refractivity contribution in [1.29, 1.82) is 0 Å². The second-order valence-corrected chi connectivity index (χ2v) is 24.9. The lowest BCUT2D eigenvalue weighted by Crippen LogP contribution is -2.78. The molecule has 1 unspecified atom stereocenters. The summed E-state index contributed by atoms with van der Waals surface area (Å²) in [5.41, 5.74) is 14.0. The van der Waals surface area contributed by atoms with E-state index in [1.54, 1.807) is 5.70 Å². The number of rotatable bonds is 5. The van der Waals surface area contributed by atoms with Crippen LogP contribution in [0, 0.1) is 70.0 Å². The second-order valence-electron chi connectivity index (χ2n) is 24.9. The minimum Gasteiger partial charge on any atom is -0.509 e. The third-order valence-corrected chi connectivity index (χ3v) is 21.9. The Morgan fingerprint density at radius 1 is 0.913 bits per heavy atom. The molecule has 2 aromatic carbocycles. The van der Waals surface area contributed by atoms with Crippen molar-refractivity contribution in [3.63, 3.8) is 0 Å². The third kappa shape index (κ3) is 5.39. The molecule has 7 aliphatic carbocycles. The SMILES string of the molecule is C[C@@H]1CC2=C3[C@H]4C5=C6[C@@H]7/C=C\[C@@H](CCc8cccc(c8)C[C@@H]7[C@H]41)C[C@H]1[C@]64C(=O)O/C(=C(\O)C[C@H](CC6CCCCC6)N6C[C@@H]7C[C@H](C6)[C@H](C=C2)N3C7)[C@@]4(CC5)[C@]12OC(=O)c1c(CCCN)cccc12. The van der Waals surface area contributed by atoms with Gasteiger partial charge in [-0.1, -0.05) is 111 Å². The molecule has 0 amide bonds. The van der Waals surface area contributed by atoms with E-state index in [0.717, 1.165) is 75.7 Å². The van der Waals surface area contributed by atoms with Gasteiger partial charge in [0.25, 0.3) is 0 Å². The van der Waals surface area contributed by atoms with Crippen LogP contribution >= 0.6 is 0 Å². The highest BCUT2D eigenvalue weighted by atomic mass is 16.6. The zero-order valence-corrected chi connectivity index (χ0v) is 40.7. The molecule has 16 bridgehead atoms. The molecular weight excluding hydrogens is 855 g/mol. The van der Waals surface area contributed by atoms with E-state index in [0.29, 0.717) is 79.2 Å². The Hall–Kier alpha value is -4.40. The van der Waals surface area contributed by atoms with Gasteiger partial charge in [-0.25, -0.2) is 4.79 Å². The smallest absolute Gasteiger partial charge is 0.339 e. The van der Waals surface area contributed by atoms with Gasteiger partial charge in [-0.2, -0.15) is 0 Å². The summed E-state index contributed by atoms with van der Waals surface area (Å²) in [6, 6.07) is 16.3. The Morgan fingerprint density at radius 3 is 2.67 bits per heavy atom. The van der Waals surface area contributed by atoms with E-state index in [4.69, 9.17) is 15.2 Å². The molecule has 2 saturated carbocycles. The number of hydrogen-bond donors (Lipinski definition) is 2. The van der Waals surface area contributed by atoms with E-state index in [2.05, 4.69) is 83.5 Å². The Bertz CT molecular complexity index is 2740. The number of carbonyl (C=O) groups excluding carboxylic acids is 2. The lowest BCUT2D eigenvalue weighted by atomic mass is 9.27. The van der Waals surface area contributed by atoms with Gasteiger partial charge in [0.05, 0.1) is 17.0 Å². The number of esters is 2. The maximum atomic E-state index is 16.5. The van der Waals surface area contributed by atoms with Crippen LogP contribution < -0.4 is 5.73 Å². The summed E-state index contributed by atoms with van der Waals surface area (Å²) >= 11 is 0. The maximum Gasteiger partial charge on any atom is 0.339 e. The molecule has 18 rings (SSSR count). The average molecular weight is 926 g/mol. The molecule has 2 aromatic rings. The number of hydrogen-bond acceptors (Lipinski definition) is 8. The summed E-state index contributed by atoms with van der Waals surface area (Å²) in [4.78, 5) is 37.4. The van der Waals surface area contributed by atoms with Crippen LogP contribution in [-0.4, -0.2) is 65.1 Å². The zero-order chi connectivity index (χ0) is 46.1. The van der Waals surface area contributed by atoms with Crippen molar-refractivity contribution in [2.75, 3.05) is 26.2 Å². The Balaban J connectivity index is 1.04. The molecule has 69 heavy (non-hydrogen) atoms. The molecule has 8 nitrogen and oxygen atoms in total. The number of piperidine rings is 2. The highest BCUT2D eigenvalue weighted by molar-refractivity contribution is 6.00. The van der Waals surface area contributed by atoms with Gasteiger partial charge in [0.1, 0.15) is 11.2 Å². The minimum absolute atomic E-state index is 0.00845. The topological polar surface area (TPSA) is 105 Å². The molecule has 15 atom stereocenters. The molecule has 5 fully saturated rings. The molecule has 3 saturated heterocycles. The van der Waals surface area contributed by atoms with Gasteiger partial charge >= 0.3 is 11.9 Å². The third-order valence-electron chi connectivity index (χ3n) is 21.9. The first kappa shape index (κ1) is 42.3. The number of carbonyl (C=O) groups is 2.